The van der Waals surface area contributed by atoms with Crippen LogP contribution < -0.4 is 14.4 Å². The van der Waals surface area contributed by atoms with Crippen molar-refractivity contribution < 1.29 is 17.9 Å². The van der Waals surface area contributed by atoms with Crippen molar-refractivity contribution in [1.82, 2.24) is 5.32 Å². The van der Waals surface area contributed by atoms with Gasteiger partial charge in [-0.15, -0.1) is 0 Å². The van der Waals surface area contributed by atoms with Gasteiger partial charge in [0, 0.05) is 13.0 Å². The van der Waals surface area contributed by atoms with Crippen molar-refractivity contribution in [2.45, 2.75) is 46.1 Å². The summed E-state index contributed by atoms with van der Waals surface area (Å²) in [6.45, 7) is 6.20. The molecule has 2 aromatic carbocycles. The molecule has 2 aromatic rings. The number of anilines is 1. The Labute approximate surface area is 180 Å². The van der Waals surface area contributed by atoms with E-state index in [2.05, 4.69) is 5.32 Å². The maximum absolute atomic E-state index is 12.5. The molecule has 1 amide bonds. The maximum Gasteiger partial charge on any atom is 0.232 e. The number of aryl methyl sites for hydroxylation is 2. The summed E-state index contributed by atoms with van der Waals surface area (Å²) in [5.41, 5.74) is 3.72. The molecule has 0 aliphatic heterocycles. The van der Waals surface area contributed by atoms with Crippen LogP contribution in [0, 0.1) is 13.8 Å². The SMILES string of the molecule is CCC(NC(=O)CCCN(c1ccc(C)cc1)S(C)(=O)=O)c1ccc(OC)c(C)c1. The quantitative estimate of drug-likeness (QED) is 0.613. The van der Waals surface area contributed by atoms with E-state index >= 15 is 0 Å². The van der Waals surface area contributed by atoms with Crippen LogP contribution in [-0.4, -0.2) is 34.2 Å². The van der Waals surface area contributed by atoms with Crippen LogP contribution in [0.4, 0.5) is 5.69 Å². The van der Waals surface area contributed by atoms with Gasteiger partial charge in [0.2, 0.25) is 15.9 Å². The number of ether oxygens (including phenoxy) is 1. The van der Waals surface area contributed by atoms with Crippen LogP contribution in [0.25, 0.3) is 0 Å². The third-order valence-electron chi connectivity index (χ3n) is 5.05. The van der Waals surface area contributed by atoms with Crippen molar-refractivity contribution in [2.75, 3.05) is 24.2 Å². The summed E-state index contributed by atoms with van der Waals surface area (Å²) >= 11 is 0. The molecule has 7 heteroatoms. The van der Waals surface area contributed by atoms with Gasteiger partial charge in [-0.1, -0.05) is 36.8 Å². The van der Waals surface area contributed by atoms with Crippen molar-refractivity contribution in [2.24, 2.45) is 0 Å². The Morgan fingerprint density at radius 2 is 1.80 bits per heavy atom. The number of amides is 1. The van der Waals surface area contributed by atoms with E-state index in [0.29, 0.717) is 12.1 Å². The molecule has 0 fully saturated rings. The molecule has 1 N–H and O–H groups in total. The molecular weight excluding hydrogens is 400 g/mol. The van der Waals surface area contributed by atoms with E-state index in [1.807, 2.05) is 51.1 Å². The number of carbonyl (C=O) groups excluding carboxylic acids is 1. The molecule has 6 nitrogen and oxygen atoms in total. The minimum Gasteiger partial charge on any atom is -0.496 e. The van der Waals surface area contributed by atoms with Gasteiger partial charge < -0.3 is 10.1 Å². The van der Waals surface area contributed by atoms with E-state index in [-0.39, 0.29) is 24.9 Å². The van der Waals surface area contributed by atoms with E-state index in [9.17, 15) is 13.2 Å². The monoisotopic (exact) mass is 432 g/mol. The number of carbonyl (C=O) groups is 1. The fourth-order valence-corrected chi connectivity index (χ4v) is 4.35. The van der Waals surface area contributed by atoms with Gasteiger partial charge in [0.1, 0.15) is 5.75 Å². The Hall–Kier alpha value is -2.54. The lowest BCUT2D eigenvalue weighted by Gasteiger charge is -2.23. The van der Waals surface area contributed by atoms with Crippen LogP contribution in [0.1, 0.15) is 48.9 Å². The third-order valence-corrected chi connectivity index (χ3v) is 6.25. The number of benzene rings is 2. The van der Waals surface area contributed by atoms with Crippen LogP contribution in [0.5, 0.6) is 5.75 Å². The summed E-state index contributed by atoms with van der Waals surface area (Å²) in [5, 5.41) is 3.06. The lowest BCUT2D eigenvalue weighted by molar-refractivity contribution is -0.121. The molecule has 30 heavy (non-hydrogen) atoms. The number of nitrogens with one attached hydrogen (secondary N) is 1. The maximum atomic E-state index is 12.5. The standard InChI is InChI=1S/C23H32N2O4S/c1-6-21(19-11-14-22(29-4)18(3)16-19)24-23(26)8-7-15-25(30(5,27)28)20-12-9-17(2)10-13-20/h9-14,16,21H,6-8,15H2,1-5H3,(H,24,26). The first-order valence-electron chi connectivity index (χ1n) is 10.1. The minimum atomic E-state index is -3.42. The molecule has 0 aromatic heterocycles. The van der Waals surface area contributed by atoms with Crippen molar-refractivity contribution in [3.05, 3.63) is 59.2 Å². The van der Waals surface area contributed by atoms with Crippen molar-refractivity contribution in [3.8, 4) is 5.75 Å². The summed E-state index contributed by atoms with van der Waals surface area (Å²) in [6.07, 6.45) is 2.64. The van der Waals surface area contributed by atoms with Gasteiger partial charge >= 0.3 is 0 Å². The summed E-state index contributed by atoms with van der Waals surface area (Å²) in [4.78, 5) is 12.5. The molecule has 0 spiro atoms. The Morgan fingerprint density at radius 1 is 1.13 bits per heavy atom. The molecule has 0 bridgehead atoms. The van der Waals surface area contributed by atoms with Crippen LogP contribution in [0.3, 0.4) is 0 Å². The average Bonchev–Trinajstić information content (AvgIpc) is 2.69. The first kappa shape index (κ1) is 23.7. The Balaban J connectivity index is 1.98. The second kappa shape index (κ2) is 10.5. The van der Waals surface area contributed by atoms with Crippen molar-refractivity contribution in [1.29, 1.82) is 0 Å². The molecule has 1 unspecified atom stereocenters. The Bertz CT molecular complexity index is 956. The van der Waals surface area contributed by atoms with Gasteiger partial charge in [-0.05, 0) is 56.0 Å². The third kappa shape index (κ3) is 6.49. The first-order valence-corrected chi connectivity index (χ1v) is 12.0. The minimum absolute atomic E-state index is 0.0901. The lowest BCUT2D eigenvalue weighted by Crippen LogP contribution is -2.33. The molecule has 0 aliphatic carbocycles. The van der Waals surface area contributed by atoms with Gasteiger partial charge in [-0.25, -0.2) is 8.42 Å². The second-order valence-electron chi connectivity index (χ2n) is 7.53. The molecule has 0 heterocycles. The van der Waals surface area contributed by atoms with Crippen molar-refractivity contribution in [3.63, 3.8) is 0 Å². The highest BCUT2D eigenvalue weighted by Crippen LogP contribution is 2.24. The molecule has 0 saturated heterocycles. The van der Waals surface area contributed by atoms with Crippen LogP contribution >= 0.6 is 0 Å². The highest BCUT2D eigenvalue weighted by atomic mass is 32.2. The molecule has 164 valence electrons. The fraction of sp³-hybridized carbons (Fsp3) is 0.435. The molecule has 2 rings (SSSR count). The van der Waals surface area contributed by atoms with Crippen molar-refractivity contribution >= 4 is 21.6 Å². The van der Waals surface area contributed by atoms with Crippen LogP contribution in [0.2, 0.25) is 0 Å². The number of hydrogen-bond donors (Lipinski definition) is 1. The largest absolute Gasteiger partial charge is 0.496 e. The van der Waals surface area contributed by atoms with E-state index in [1.54, 1.807) is 19.2 Å². The molecule has 0 aliphatic rings. The zero-order chi connectivity index (χ0) is 22.3. The first-order chi connectivity index (χ1) is 14.2. The van der Waals surface area contributed by atoms with E-state index in [4.69, 9.17) is 4.74 Å². The average molecular weight is 433 g/mol. The fourth-order valence-electron chi connectivity index (χ4n) is 3.39. The zero-order valence-corrected chi connectivity index (χ0v) is 19.3. The molecule has 1 atom stereocenters. The van der Waals surface area contributed by atoms with Crippen LogP contribution in [0.15, 0.2) is 42.5 Å². The number of nitrogens with zero attached hydrogens (tertiary/aromatic N) is 1. The van der Waals surface area contributed by atoms with Gasteiger partial charge in [0.15, 0.2) is 0 Å². The normalized spacial score (nSPS) is 12.3. The summed E-state index contributed by atoms with van der Waals surface area (Å²) < 4.78 is 31.1. The Kier molecular flexibility index (Phi) is 8.29. The highest BCUT2D eigenvalue weighted by molar-refractivity contribution is 7.92. The zero-order valence-electron chi connectivity index (χ0n) is 18.4. The molecule has 0 saturated carbocycles. The van der Waals surface area contributed by atoms with E-state index in [0.717, 1.165) is 28.9 Å². The summed E-state index contributed by atoms with van der Waals surface area (Å²) in [6, 6.07) is 13.1. The highest BCUT2D eigenvalue weighted by Gasteiger charge is 2.18. The predicted octanol–water partition coefficient (Wildman–Crippen LogP) is 4.13. The summed E-state index contributed by atoms with van der Waals surface area (Å²) in [5.74, 6) is 0.726. The number of rotatable bonds is 10. The van der Waals surface area contributed by atoms with Gasteiger partial charge in [-0.3, -0.25) is 9.10 Å². The topological polar surface area (TPSA) is 75.7 Å². The molecule has 0 radical (unpaired) electrons. The van der Waals surface area contributed by atoms with E-state index in [1.165, 1.54) is 10.6 Å². The van der Waals surface area contributed by atoms with Gasteiger partial charge in [0.25, 0.3) is 0 Å². The van der Waals surface area contributed by atoms with Gasteiger partial charge in [-0.2, -0.15) is 0 Å². The Morgan fingerprint density at radius 3 is 2.33 bits per heavy atom. The van der Waals surface area contributed by atoms with Crippen LogP contribution in [-0.2, 0) is 14.8 Å². The smallest absolute Gasteiger partial charge is 0.232 e. The number of hydrogen-bond acceptors (Lipinski definition) is 4. The lowest BCUT2D eigenvalue weighted by atomic mass is 10.0. The summed E-state index contributed by atoms with van der Waals surface area (Å²) in [7, 11) is -1.78. The number of sulfonamides is 1. The predicted molar refractivity (Wildman–Crippen MR) is 122 cm³/mol. The number of methoxy groups -OCH3 is 1. The second-order valence-corrected chi connectivity index (χ2v) is 9.44. The van der Waals surface area contributed by atoms with Gasteiger partial charge in [0.05, 0.1) is 25.1 Å². The molecular formula is C23H32N2O4S. The van der Waals surface area contributed by atoms with E-state index < -0.39 is 10.0 Å².